The topological polar surface area (TPSA) is 59.7 Å². The second-order valence-electron chi connectivity index (χ2n) is 8.81. The number of carbonyl (C=O) groups excluding carboxylic acids is 1. The molecule has 3 heterocycles. The van der Waals surface area contributed by atoms with Crippen LogP contribution >= 0.6 is 0 Å². The van der Waals surface area contributed by atoms with E-state index in [0.717, 1.165) is 28.9 Å². The van der Waals surface area contributed by atoms with Gasteiger partial charge in [-0.3, -0.25) is 4.79 Å². The summed E-state index contributed by atoms with van der Waals surface area (Å²) in [5.74, 6) is 0.272. The van der Waals surface area contributed by atoms with Gasteiger partial charge in [0, 0.05) is 31.4 Å². The van der Waals surface area contributed by atoms with Crippen molar-refractivity contribution in [1.29, 1.82) is 0 Å². The minimum Gasteiger partial charge on any atom is -0.379 e. The predicted molar refractivity (Wildman–Crippen MR) is 127 cm³/mol. The van der Waals surface area contributed by atoms with E-state index in [0.29, 0.717) is 26.3 Å². The van der Waals surface area contributed by atoms with E-state index in [1.165, 1.54) is 0 Å². The highest BCUT2D eigenvalue weighted by atomic mass is 16.5. The van der Waals surface area contributed by atoms with Crippen molar-refractivity contribution in [3.05, 3.63) is 102 Å². The summed E-state index contributed by atoms with van der Waals surface area (Å²) in [5.41, 5.74) is 3.02. The zero-order valence-corrected chi connectivity index (χ0v) is 18.8. The molecule has 168 valence electrons. The maximum absolute atomic E-state index is 14.2. The zero-order valence-electron chi connectivity index (χ0n) is 18.8. The van der Waals surface area contributed by atoms with Crippen LogP contribution in [0.15, 0.2) is 85.2 Å². The number of ether oxygens (including phenoxy) is 1. The summed E-state index contributed by atoms with van der Waals surface area (Å²) >= 11 is 0. The van der Waals surface area contributed by atoms with Crippen LogP contribution in [0.4, 0.5) is 0 Å². The molecule has 0 aliphatic carbocycles. The van der Waals surface area contributed by atoms with Crippen molar-refractivity contribution in [2.45, 2.75) is 18.8 Å². The number of imidazole rings is 1. The van der Waals surface area contributed by atoms with Gasteiger partial charge in [-0.25, -0.2) is 9.50 Å². The monoisotopic (exact) mass is 440 g/mol. The molecule has 2 aromatic carbocycles. The lowest BCUT2D eigenvalue weighted by molar-refractivity contribution is -0.135. The molecule has 1 amide bonds. The number of rotatable bonds is 5. The van der Waals surface area contributed by atoms with Gasteiger partial charge in [0.2, 0.25) is 5.91 Å². The molecule has 0 radical (unpaired) electrons. The summed E-state index contributed by atoms with van der Waals surface area (Å²) < 4.78 is 7.70. The van der Waals surface area contributed by atoms with Gasteiger partial charge in [0.05, 0.1) is 24.3 Å². The average molecular weight is 441 g/mol. The predicted octanol–water partition coefficient (Wildman–Crippen LogP) is 3.75. The Labute approximate surface area is 193 Å². The molecular formula is C27H28N4O2. The Morgan fingerprint density at radius 2 is 1.73 bits per heavy atom. The Bertz CT molecular complexity index is 1180. The Morgan fingerprint density at radius 3 is 2.42 bits per heavy atom. The number of carbonyl (C=O) groups is 1. The largest absolute Gasteiger partial charge is 0.379 e. The Hall–Kier alpha value is -3.51. The van der Waals surface area contributed by atoms with Crippen molar-refractivity contribution in [3.63, 3.8) is 0 Å². The summed E-state index contributed by atoms with van der Waals surface area (Å²) in [7, 11) is 0. The quantitative estimate of drug-likeness (QED) is 0.474. The first-order chi connectivity index (χ1) is 16.1. The highest BCUT2D eigenvalue weighted by Crippen LogP contribution is 2.34. The highest BCUT2D eigenvalue weighted by molar-refractivity contribution is 5.91. The van der Waals surface area contributed by atoms with E-state index in [4.69, 9.17) is 4.74 Å². The summed E-state index contributed by atoms with van der Waals surface area (Å²) in [5, 5.41) is 4.67. The lowest BCUT2D eigenvalue weighted by Gasteiger charge is -2.36. The fourth-order valence-electron chi connectivity index (χ4n) is 4.72. The smallest absolute Gasteiger partial charge is 0.237 e. The summed E-state index contributed by atoms with van der Waals surface area (Å²) in [4.78, 5) is 20.4. The average Bonchev–Trinajstić information content (AvgIpc) is 3.21. The number of benzene rings is 2. The van der Waals surface area contributed by atoms with Gasteiger partial charge in [0.25, 0.3) is 0 Å². The van der Waals surface area contributed by atoms with Crippen molar-refractivity contribution in [2.75, 3.05) is 26.3 Å². The first kappa shape index (κ1) is 21.3. The standard InChI is InChI=1S/C27H28N4O2/c1-27(22-8-4-2-5-9-22,23-10-6-3-7-11-23)26(32)30-16-17-33-20-21(19-30)18-24-12-13-25-28-14-15-31(25)29-24/h2-15,21H,16-20H2,1H3. The SMILES string of the molecule is CC(C(=O)N1CCOCC(Cc2ccc3nccn3n2)C1)(c1ccccc1)c1ccccc1. The van der Waals surface area contributed by atoms with E-state index < -0.39 is 5.41 Å². The van der Waals surface area contributed by atoms with Crippen LogP contribution in [-0.2, 0) is 21.4 Å². The highest BCUT2D eigenvalue weighted by Gasteiger charge is 2.41. The van der Waals surface area contributed by atoms with Crippen molar-refractivity contribution >= 4 is 11.6 Å². The molecule has 1 aliphatic heterocycles. The number of hydrogen-bond donors (Lipinski definition) is 0. The lowest BCUT2D eigenvalue weighted by Crippen LogP contribution is -2.48. The third kappa shape index (κ3) is 4.26. The van der Waals surface area contributed by atoms with Gasteiger partial charge in [-0.1, -0.05) is 60.7 Å². The Morgan fingerprint density at radius 1 is 1.03 bits per heavy atom. The van der Waals surface area contributed by atoms with Crippen LogP contribution in [0.1, 0.15) is 23.7 Å². The zero-order chi connectivity index (χ0) is 22.7. The summed E-state index contributed by atoms with van der Waals surface area (Å²) in [6.07, 6.45) is 4.34. The Balaban J connectivity index is 1.42. The van der Waals surface area contributed by atoms with Crippen LogP contribution < -0.4 is 0 Å². The van der Waals surface area contributed by atoms with Gasteiger partial charge in [0.1, 0.15) is 0 Å². The van der Waals surface area contributed by atoms with Crippen molar-refractivity contribution in [2.24, 2.45) is 5.92 Å². The molecule has 1 unspecified atom stereocenters. The van der Waals surface area contributed by atoms with Gasteiger partial charge in [-0.2, -0.15) is 5.10 Å². The lowest BCUT2D eigenvalue weighted by atomic mass is 9.75. The van der Waals surface area contributed by atoms with Gasteiger partial charge in [0.15, 0.2) is 5.65 Å². The molecule has 2 aromatic heterocycles. The van der Waals surface area contributed by atoms with Crippen LogP contribution in [0.3, 0.4) is 0 Å². The molecule has 0 saturated carbocycles. The van der Waals surface area contributed by atoms with Gasteiger partial charge in [-0.05, 0) is 36.6 Å². The van der Waals surface area contributed by atoms with Crippen LogP contribution in [0, 0.1) is 5.92 Å². The molecule has 33 heavy (non-hydrogen) atoms. The van der Waals surface area contributed by atoms with E-state index in [2.05, 4.69) is 10.1 Å². The van der Waals surface area contributed by atoms with E-state index in [1.807, 2.05) is 90.8 Å². The molecular weight excluding hydrogens is 412 g/mol. The van der Waals surface area contributed by atoms with Crippen LogP contribution in [0.5, 0.6) is 0 Å². The molecule has 4 aromatic rings. The third-order valence-electron chi connectivity index (χ3n) is 6.56. The normalized spacial score (nSPS) is 17.1. The molecule has 6 nitrogen and oxygen atoms in total. The molecule has 0 bridgehead atoms. The molecule has 1 aliphatic rings. The maximum atomic E-state index is 14.2. The van der Waals surface area contributed by atoms with E-state index in [1.54, 1.807) is 10.7 Å². The van der Waals surface area contributed by atoms with E-state index in [-0.39, 0.29) is 11.8 Å². The molecule has 1 fully saturated rings. The summed E-state index contributed by atoms with van der Waals surface area (Å²) in [6.45, 7) is 4.41. The fourth-order valence-corrected chi connectivity index (χ4v) is 4.72. The van der Waals surface area contributed by atoms with Crippen LogP contribution in [-0.4, -0.2) is 51.7 Å². The fraction of sp³-hybridized carbons (Fsp3) is 0.296. The molecule has 1 saturated heterocycles. The van der Waals surface area contributed by atoms with Gasteiger partial charge in [-0.15, -0.1) is 0 Å². The second-order valence-corrected chi connectivity index (χ2v) is 8.81. The minimum atomic E-state index is -0.772. The van der Waals surface area contributed by atoms with Crippen LogP contribution in [0.2, 0.25) is 0 Å². The van der Waals surface area contributed by atoms with Crippen molar-refractivity contribution < 1.29 is 9.53 Å². The van der Waals surface area contributed by atoms with E-state index >= 15 is 0 Å². The number of hydrogen-bond acceptors (Lipinski definition) is 4. The maximum Gasteiger partial charge on any atom is 0.237 e. The molecule has 0 spiro atoms. The molecule has 5 rings (SSSR count). The number of aromatic nitrogens is 3. The third-order valence-corrected chi connectivity index (χ3v) is 6.56. The second kappa shape index (κ2) is 9.16. The number of nitrogens with zero attached hydrogens (tertiary/aromatic N) is 4. The molecule has 1 atom stereocenters. The first-order valence-electron chi connectivity index (χ1n) is 11.4. The van der Waals surface area contributed by atoms with Gasteiger partial charge >= 0.3 is 0 Å². The first-order valence-corrected chi connectivity index (χ1v) is 11.4. The minimum absolute atomic E-state index is 0.105. The Kier molecular flexibility index (Phi) is 5.92. The number of amides is 1. The molecule has 0 N–H and O–H groups in total. The summed E-state index contributed by atoms with van der Waals surface area (Å²) in [6, 6.07) is 24.1. The van der Waals surface area contributed by atoms with Crippen molar-refractivity contribution in [1.82, 2.24) is 19.5 Å². The molecule has 6 heteroatoms. The van der Waals surface area contributed by atoms with Gasteiger partial charge < -0.3 is 9.64 Å². The van der Waals surface area contributed by atoms with Crippen molar-refractivity contribution in [3.8, 4) is 0 Å². The van der Waals surface area contributed by atoms with Crippen LogP contribution in [0.25, 0.3) is 5.65 Å². The number of fused-ring (bicyclic) bond motifs is 1. The van der Waals surface area contributed by atoms with E-state index in [9.17, 15) is 4.79 Å².